The zero-order valence-electron chi connectivity index (χ0n) is 11.9. The van der Waals surface area contributed by atoms with Crippen molar-refractivity contribution in [2.45, 2.75) is 38.3 Å². The number of carbonyl (C=O) groups excluding carboxylic acids is 1. The summed E-state index contributed by atoms with van der Waals surface area (Å²) in [5.41, 5.74) is 0. The molecule has 1 N–H and O–H groups in total. The fraction of sp³-hybridized carbons (Fsp3) is 0.714. The van der Waals surface area contributed by atoms with Crippen LogP contribution in [0.3, 0.4) is 0 Å². The largest absolute Gasteiger partial charge is 0.302 e. The number of anilines is 1. The molecular formula is C14H22N4OS. The summed E-state index contributed by atoms with van der Waals surface area (Å²) < 4.78 is 0. The standard InChI is InChI=1S/C14H22N4OS/c1-2-17-7-5-11-3-4-12(9-17)18(11)10-13(19)16-14-15-6-8-20-14/h6,8,11-12H,2-5,7,9-10H2,1H3,(H,15,16,19). The molecule has 2 saturated heterocycles. The highest BCUT2D eigenvalue weighted by atomic mass is 32.1. The van der Waals surface area contributed by atoms with Gasteiger partial charge in [0.2, 0.25) is 5.91 Å². The minimum absolute atomic E-state index is 0.0711. The van der Waals surface area contributed by atoms with Gasteiger partial charge in [-0.15, -0.1) is 11.3 Å². The van der Waals surface area contributed by atoms with Crippen LogP contribution in [0, 0.1) is 0 Å². The van der Waals surface area contributed by atoms with Gasteiger partial charge >= 0.3 is 0 Å². The van der Waals surface area contributed by atoms with Gasteiger partial charge in [-0.25, -0.2) is 4.98 Å². The molecule has 2 aliphatic heterocycles. The maximum absolute atomic E-state index is 12.2. The fourth-order valence-corrected chi connectivity index (χ4v) is 3.94. The predicted octanol–water partition coefficient (Wildman–Crippen LogP) is 1.64. The number of likely N-dealkylation sites (tertiary alicyclic amines) is 1. The zero-order chi connectivity index (χ0) is 13.9. The molecule has 2 aliphatic rings. The highest BCUT2D eigenvalue weighted by Crippen LogP contribution is 2.29. The Bertz CT molecular complexity index is 450. The number of nitrogens with zero attached hydrogens (tertiary/aromatic N) is 3. The second-order valence-corrected chi connectivity index (χ2v) is 6.52. The van der Waals surface area contributed by atoms with Crippen LogP contribution in [0.15, 0.2) is 11.6 Å². The van der Waals surface area contributed by atoms with Crippen LogP contribution >= 0.6 is 11.3 Å². The lowest BCUT2D eigenvalue weighted by Crippen LogP contribution is -2.43. The first-order valence-electron chi connectivity index (χ1n) is 7.43. The minimum atomic E-state index is 0.0711. The number of amides is 1. The Labute approximate surface area is 124 Å². The summed E-state index contributed by atoms with van der Waals surface area (Å²) in [4.78, 5) is 21.2. The Hall–Kier alpha value is -0.980. The molecule has 3 heterocycles. The summed E-state index contributed by atoms with van der Waals surface area (Å²) in [6.45, 7) is 6.12. The normalized spacial score (nSPS) is 27.4. The average Bonchev–Trinajstić information content (AvgIpc) is 2.99. The van der Waals surface area contributed by atoms with Crippen molar-refractivity contribution in [3.8, 4) is 0 Å². The lowest BCUT2D eigenvalue weighted by Gasteiger charge is -2.27. The van der Waals surface area contributed by atoms with Gasteiger partial charge in [0.25, 0.3) is 0 Å². The summed E-state index contributed by atoms with van der Waals surface area (Å²) in [5.74, 6) is 0.0711. The molecule has 0 saturated carbocycles. The monoisotopic (exact) mass is 294 g/mol. The number of aromatic nitrogens is 1. The molecule has 0 radical (unpaired) electrons. The molecule has 0 aliphatic carbocycles. The molecule has 2 bridgehead atoms. The van der Waals surface area contributed by atoms with Gasteiger partial charge < -0.3 is 10.2 Å². The highest BCUT2D eigenvalue weighted by Gasteiger charge is 2.37. The lowest BCUT2D eigenvalue weighted by atomic mass is 10.1. The van der Waals surface area contributed by atoms with E-state index in [4.69, 9.17) is 0 Å². The van der Waals surface area contributed by atoms with E-state index in [9.17, 15) is 4.79 Å². The second kappa shape index (κ2) is 6.20. The summed E-state index contributed by atoms with van der Waals surface area (Å²) in [6.07, 6.45) is 5.38. The smallest absolute Gasteiger partial charge is 0.240 e. The SMILES string of the molecule is CCN1CCC2CCC(C1)N2CC(=O)Nc1nccs1. The van der Waals surface area contributed by atoms with Gasteiger partial charge in [-0.1, -0.05) is 6.92 Å². The van der Waals surface area contributed by atoms with Crippen molar-refractivity contribution in [3.63, 3.8) is 0 Å². The van der Waals surface area contributed by atoms with Gasteiger partial charge in [0.15, 0.2) is 5.13 Å². The van der Waals surface area contributed by atoms with Gasteiger partial charge in [0.05, 0.1) is 6.54 Å². The van der Waals surface area contributed by atoms with E-state index in [1.807, 2.05) is 5.38 Å². The topological polar surface area (TPSA) is 48.5 Å². The van der Waals surface area contributed by atoms with Crippen LogP contribution in [0.2, 0.25) is 0 Å². The molecule has 2 atom stereocenters. The van der Waals surface area contributed by atoms with Crippen molar-refractivity contribution in [2.24, 2.45) is 0 Å². The van der Waals surface area contributed by atoms with Crippen LogP contribution in [-0.4, -0.2) is 59.0 Å². The maximum Gasteiger partial charge on any atom is 0.240 e. The number of thiazole rings is 1. The summed E-state index contributed by atoms with van der Waals surface area (Å²) >= 11 is 1.47. The van der Waals surface area contributed by atoms with Gasteiger partial charge in [0, 0.05) is 30.2 Å². The molecule has 1 aromatic rings. The number of hydrogen-bond acceptors (Lipinski definition) is 5. The van der Waals surface area contributed by atoms with Crippen LogP contribution in [0.5, 0.6) is 0 Å². The quantitative estimate of drug-likeness (QED) is 0.917. The van der Waals surface area contributed by atoms with E-state index in [0.29, 0.717) is 23.8 Å². The number of carbonyl (C=O) groups is 1. The average molecular weight is 294 g/mol. The van der Waals surface area contributed by atoms with Gasteiger partial charge in [-0.05, 0) is 32.4 Å². The van der Waals surface area contributed by atoms with Gasteiger partial charge in [0.1, 0.15) is 0 Å². The number of rotatable bonds is 4. The third kappa shape index (κ3) is 3.02. The minimum Gasteiger partial charge on any atom is -0.302 e. The van der Waals surface area contributed by atoms with E-state index < -0.39 is 0 Å². The molecule has 20 heavy (non-hydrogen) atoms. The molecule has 0 aromatic carbocycles. The molecule has 0 spiro atoms. The third-order valence-electron chi connectivity index (χ3n) is 4.47. The fourth-order valence-electron chi connectivity index (χ4n) is 3.40. The van der Waals surface area contributed by atoms with E-state index in [0.717, 1.165) is 13.1 Å². The van der Waals surface area contributed by atoms with Crippen LogP contribution in [0.1, 0.15) is 26.2 Å². The van der Waals surface area contributed by atoms with Crippen LogP contribution < -0.4 is 5.32 Å². The van der Waals surface area contributed by atoms with Gasteiger partial charge in [-0.3, -0.25) is 9.69 Å². The molecule has 1 amide bonds. The molecule has 2 fully saturated rings. The van der Waals surface area contributed by atoms with Crippen LogP contribution in [0.25, 0.3) is 0 Å². The summed E-state index contributed by atoms with van der Waals surface area (Å²) in [6, 6.07) is 1.13. The Morgan fingerprint density at radius 1 is 1.45 bits per heavy atom. The molecule has 110 valence electrons. The van der Waals surface area contributed by atoms with Crippen molar-refractivity contribution in [1.29, 1.82) is 0 Å². The molecule has 1 aromatic heterocycles. The highest BCUT2D eigenvalue weighted by molar-refractivity contribution is 7.13. The van der Waals surface area contributed by atoms with E-state index in [1.165, 1.54) is 37.1 Å². The summed E-state index contributed by atoms with van der Waals surface area (Å²) in [7, 11) is 0. The Balaban J connectivity index is 1.60. The van der Waals surface area contributed by atoms with Crippen molar-refractivity contribution < 1.29 is 4.79 Å². The van der Waals surface area contributed by atoms with Crippen LogP contribution in [-0.2, 0) is 4.79 Å². The van der Waals surface area contributed by atoms with Crippen molar-refractivity contribution in [1.82, 2.24) is 14.8 Å². The Kier molecular flexibility index (Phi) is 4.33. The van der Waals surface area contributed by atoms with Gasteiger partial charge in [-0.2, -0.15) is 0 Å². The predicted molar refractivity (Wildman–Crippen MR) is 81.0 cm³/mol. The van der Waals surface area contributed by atoms with E-state index in [2.05, 4.69) is 27.0 Å². The Morgan fingerprint density at radius 2 is 2.30 bits per heavy atom. The number of hydrogen-bond donors (Lipinski definition) is 1. The van der Waals surface area contributed by atoms with E-state index in [-0.39, 0.29) is 5.91 Å². The second-order valence-electron chi connectivity index (χ2n) is 5.62. The Morgan fingerprint density at radius 3 is 3.05 bits per heavy atom. The molecular weight excluding hydrogens is 272 g/mol. The molecule has 6 heteroatoms. The van der Waals surface area contributed by atoms with E-state index >= 15 is 0 Å². The first-order chi connectivity index (χ1) is 9.76. The lowest BCUT2D eigenvalue weighted by molar-refractivity contribution is -0.118. The number of nitrogens with one attached hydrogen (secondary N) is 1. The first-order valence-corrected chi connectivity index (χ1v) is 8.31. The maximum atomic E-state index is 12.2. The van der Waals surface area contributed by atoms with Crippen molar-refractivity contribution >= 4 is 22.4 Å². The van der Waals surface area contributed by atoms with Crippen molar-refractivity contribution in [3.05, 3.63) is 11.6 Å². The number of likely N-dealkylation sites (N-methyl/N-ethyl adjacent to an activating group) is 1. The summed E-state index contributed by atoms with van der Waals surface area (Å²) in [5, 5.41) is 5.48. The third-order valence-corrected chi connectivity index (χ3v) is 5.16. The van der Waals surface area contributed by atoms with Crippen molar-refractivity contribution in [2.75, 3.05) is 31.5 Å². The first kappa shape index (κ1) is 14.0. The molecule has 5 nitrogen and oxygen atoms in total. The molecule has 2 unspecified atom stereocenters. The van der Waals surface area contributed by atoms with Crippen LogP contribution in [0.4, 0.5) is 5.13 Å². The molecule has 3 rings (SSSR count). The van der Waals surface area contributed by atoms with E-state index in [1.54, 1.807) is 6.20 Å². The zero-order valence-corrected chi connectivity index (χ0v) is 12.7. The number of fused-ring (bicyclic) bond motifs is 2.